The zero-order valence-electron chi connectivity index (χ0n) is 25.7. The number of pyridine rings is 1. The number of nitriles is 1. The average Bonchev–Trinajstić information content (AvgIpc) is 3.36. The van der Waals surface area contributed by atoms with Crippen LogP contribution in [0.1, 0.15) is 49.1 Å². The minimum absolute atomic E-state index is 0.0423. The number of hydrogen-bond acceptors (Lipinski definition) is 8. The van der Waals surface area contributed by atoms with Crippen molar-refractivity contribution in [2.75, 3.05) is 44.2 Å². The maximum absolute atomic E-state index is 16.7. The monoisotopic (exact) mass is 647 g/mol. The summed E-state index contributed by atoms with van der Waals surface area (Å²) in [7, 11) is 0. The summed E-state index contributed by atoms with van der Waals surface area (Å²) in [6.45, 7) is 4.75. The number of piperazine rings is 1. The quantitative estimate of drug-likeness (QED) is 0.261. The van der Waals surface area contributed by atoms with E-state index in [1.165, 1.54) is 17.2 Å². The predicted octanol–water partition coefficient (Wildman–Crippen LogP) is 5.00. The molecular weight excluding hydrogens is 614 g/mol. The summed E-state index contributed by atoms with van der Waals surface area (Å²) in [4.78, 5) is 31.4. The Kier molecular flexibility index (Phi) is 7.13. The molecule has 1 amide bonds. The van der Waals surface area contributed by atoms with E-state index < -0.39 is 35.3 Å². The van der Waals surface area contributed by atoms with Crippen molar-refractivity contribution in [3.63, 3.8) is 0 Å². The highest BCUT2D eigenvalue weighted by atomic mass is 19.1. The third-order valence-corrected chi connectivity index (χ3v) is 10.8. The summed E-state index contributed by atoms with van der Waals surface area (Å²) in [5.74, 6) is -2.16. The minimum Gasteiger partial charge on any atom is -0.461 e. The zero-order valence-corrected chi connectivity index (χ0v) is 25.7. The molecule has 5 heterocycles. The summed E-state index contributed by atoms with van der Waals surface area (Å²) < 4.78 is 66.0. The average molecular weight is 648 g/mol. The van der Waals surface area contributed by atoms with Crippen molar-refractivity contribution < 1.29 is 27.1 Å². The highest BCUT2D eigenvalue weighted by Crippen LogP contribution is 2.58. The fourth-order valence-corrected chi connectivity index (χ4v) is 8.48. The fraction of sp³-hybridized carbons (Fsp3) is 0.500. The van der Waals surface area contributed by atoms with Gasteiger partial charge in [0.15, 0.2) is 11.6 Å². The number of hydrogen-bond donors (Lipinski definition) is 0. The lowest BCUT2D eigenvalue weighted by atomic mass is 9.95. The molecule has 47 heavy (non-hydrogen) atoms. The molecule has 9 nitrogen and oxygen atoms in total. The first-order valence-corrected chi connectivity index (χ1v) is 16.1. The van der Waals surface area contributed by atoms with E-state index in [1.807, 2.05) is 0 Å². The number of benzene rings is 1. The van der Waals surface area contributed by atoms with Gasteiger partial charge in [-0.1, -0.05) is 6.58 Å². The molecule has 13 heteroatoms. The van der Waals surface area contributed by atoms with E-state index in [4.69, 9.17) is 4.74 Å². The van der Waals surface area contributed by atoms with Gasteiger partial charge in [-0.15, -0.1) is 0 Å². The van der Waals surface area contributed by atoms with Gasteiger partial charge in [-0.25, -0.2) is 17.6 Å². The van der Waals surface area contributed by atoms with E-state index in [-0.39, 0.29) is 67.0 Å². The molecule has 8 rings (SSSR count). The third kappa shape index (κ3) is 4.91. The molecule has 4 fully saturated rings. The number of rotatable bonds is 7. The molecule has 0 N–H and O–H groups in total. The van der Waals surface area contributed by atoms with Crippen LogP contribution >= 0.6 is 0 Å². The van der Waals surface area contributed by atoms with E-state index in [1.54, 1.807) is 11.0 Å². The molecule has 1 saturated carbocycles. The third-order valence-electron chi connectivity index (χ3n) is 10.8. The summed E-state index contributed by atoms with van der Waals surface area (Å²) in [6.07, 6.45) is 4.07. The van der Waals surface area contributed by atoms with Crippen LogP contribution in [0.3, 0.4) is 0 Å². The SMILES string of the molecule is C=C(F)C(=O)N1CCN(c2nc(OC[C@@]34CCCN3C[C@H](F)C4)nc3c(F)c(-c4ccc(F)c5c4CC4CC54)ncc23)C[C@@H]1CC#N. The van der Waals surface area contributed by atoms with Gasteiger partial charge in [0.2, 0.25) is 0 Å². The smallest absolute Gasteiger partial charge is 0.319 e. The van der Waals surface area contributed by atoms with Gasteiger partial charge in [-0.3, -0.25) is 14.7 Å². The van der Waals surface area contributed by atoms with Gasteiger partial charge < -0.3 is 14.5 Å². The van der Waals surface area contributed by atoms with E-state index in [9.17, 15) is 23.2 Å². The second kappa shape index (κ2) is 11.1. The highest BCUT2D eigenvalue weighted by Gasteiger charge is 2.50. The first-order valence-electron chi connectivity index (χ1n) is 16.1. The van der Waals surface area contributed by atoms with Crippen LogP contribution < -0.4 is 9.64 Å². The molecule has 244 valence electrons. The Hall–Kier alpha value is -4.31. The fourth-order valence-electron chi connectivity index (χ4n) is 8.48. The number of amides is 1. The van der Waals surface area contributed by atoms with Crippen molar-refractivity contribution in [3.8, 4) is 23.3 Å². The number of halogens is 4. The number of alkyl halides is 1. The molecule has 3 aliphatic heterocycles. The van der Waals surface area contributed by atoms with Gasteiger partial charge in [0.1, 0.15) is 35.6 Å². The highest BCUT2D eigenvalue weighted by molar-refractivity contribution is 5.93. The van der Waals surface area contributed by atoms with Crippen molar-refractivity contribution in [3.05, 3.63) is 53.5 Å². The topological polar surface area (TPSA) is 98.5 Å². The first-order chi connectivity index (χ1) is 22.7. The molecule has 2 unspecified atom stereocenters. The van der Waals surface area contributed by atoms with E-state index >= 15 is 4.39 Å². The van der Waals surface area contributed by atoms with Gasteiger partial charge in [0.25, 0.3) is 5.91 Å². The molecule has 0 bridgehead atoms. The Balaban J connectivity index is 1.20. The van der Waals surface area contributed by atoms with Crippen LogP contribution in [0.4, 0.5) is 23.4 Å². The van der Waals surface area contributed by atoms with Gasteiger partial charge in [0, 0.05) is 44.4 Å². The van der Waals surface area contributed by atoms with Crippen LogP contribution in [-0.2, 0) is 11.2 Å². The molecule has 0 radical (unpaired) electrons. The number of carbonyl (C=O) groups excluding carboxylic acids is 1. The zero-order chi connectivity index (χ0) is 32.6. The number of ether oxygens (including phenoxy) is 1. The normalized spacial score (nSPS) is 27.8. The Morgan fingerprint density at radius 1 is 1.19 bits per heavy atom. The minimum atomic E-state index is -1.12. The molecule has 2 aliphatic carbocycles. The number of carbonyl (C=O) groups is 1. The molecule has 1 aromatic carbocycles. The van der Waals surface area contributed by atoms with Crippen LogP contribution in [0.25, 0.3) is 22.2 Å². The lowest BCUT2D eigenvalue weighted by Gasteiger charge is -2.41. The second-order valence-corrected chi connectivity index (χ2v) is 13.5. The largest absolute Gasteiger partial charge is 0.461 e. The summed E-state index contributed by atoms with van der Waals surface area (Å²) in [6, 6.07) is 4.22. The van der Waals surface area contributed by atoms with Crippen LogP contribution in [0.2, 0.25) is 0 Å². The molecule has 0 spiro atoms. The summed E-state index contributed by atoms with van der Waals surface area (Å²) >= 11 is 0. The van der Waals surface area contributed by atoms with Gasteiger partial charge in [0.05, 0.1) is 29.5 Å². The number of fused-ring (bicyclic) bond motifs is 5. The van der Waals surface area contributed by atoms with Crippen molar-refractivity contribution in [1.82, 2.24) is 24.8 Å². The maximum Gasteiger partial charge on any atom is 0.319 e. The van der Waals surface area contributed by atoms with Crippen molar-refractivity contribution in [1.29, 1.82) is 5.26 Å². The lowest BCUT2D eigenvalue weighted by molar-refractivity contribution is -0.131. The number of anilines is 1. The number of nitrogens with zero attached hydrogens (tertiary/aromatic N) is 7. The Labute approximate surface area is 268 Å². The van der Waals surface area contributed by atoms with Crippen LogP contribution in [0.5, 0.6) is 6.01 Å². The predicted molar refractivity (Wildman–Crippen MR) is 164 cm³/mol. The number of aromatic nitrogens is 3. The summed E-state index contributed by atoms with van der Waals surface area (Å²) in [5, 5.41) is 9.78. The van der Waals surface area contributed by atoms with Gasteiger partial charge in [-0.2, -0.15) is 15.2 Å². The van der Waals surface area contributed by atoms with Crippen molar-refractivity contribution in [2.24, 2.45) is 5.92 Å². The molecule has 3 saturated heterocycles. The molecule has 2 aromatic heterocycles. The Morgan fingerprint density at radius 3 is 2.85 bits per heavy atom. The molecular formula is C34H33F4N7O2. The first kappa shape index (κ1) is 30.1. The molecule has 5 aliphatic rings. The second-order valence-electron chi connectivity index (χ2n) is 13.5. The Bertz CT molecular complexity index is 1870. The van der Waals surface area contributed by atoms with E-state index in [0.29, 0.717) is 42.2 Å². The van der Waals surface area contributed by atoms with Crippen molar-refractivity contribution >= 4 is 22.6 Å². The van der Waals surface area contributed by atoms with Crippen LogP contribution in [0.15, 0.2) is 30.7 Å². The van der Waals surface area contributed by atoms with Crippen LogP contribution in [-0.4, -0.2) is 87.7 Å². The van der Waals surface area contributed by atoms with E-state index in [2.05, 4.69) is 32.5 Å². The van der Waals surface area contributed by atoms with Crippen LogP contribution in [0, 0.1) is 28.9 Å². The van der Waals surface area contributed by atoms with Gasteiger partial charge in [-0.05, 0) is 67.3 Å². The lowest BCUT2D eigenvalue weighted by Crippen LogP contribution is -2.55. The maximum atomic E-state index is 16.7. The Morgan fingerprint density at radius 2 is 2.04 bits per heavy atom. The molecule has 3 aromatic rings. The summed E-state index contributed by atoms with van der Waals surface area (Å²) in [5.41, 5.74) is 1.48. The molecule has 5 atom stereocenters. The van der Waals surface area contributed by atoms with Gasteiger partial charge >= 0.3 is 6.01 Å². The van der Waals surface area contributed by atoms with Crippen molar-refractivity contribution in [2.45, 2.75) is 62.2 Å². The standard InChI is InChI=1S/C34H33F4N7O2/c1-18(35)32(46)45-10-9-43(16-21(45)5-7-39)31-25-14-40-29(22-3-4-26(37)27-23-11-19(23)12-24(22)27)28(38)30(25)41-33(42-31)47-17-34-6-2-8-44(34)15-20(36)13-34/h3-4,14,19-21,23H,1-2,5-6,8-13,15-17H2/t19?,20-,21+,23?,34+/m1/s1. The van der Waals surface area contributed by atoms with E-state index in [0.717, 1.165) is 31.4 Å².